The van der Waals surface area contributed by atoms with Crippen LogP contribution in [0.3, 0.4) is 0 Å². The van der Waals surface area contributed by atoms with Crippen LogP contribution in [0, 0.1) is 12.3 Å². The zero-order valence-corrected chi connectivity index (χ0v) is 19.6. The van der Waals surface area contributed by atoms with Gasteiger partial charge < -0.3 is 4.90 Å². The zero-order chi connectivity index (χ0) is 24.6. The molecule has 3 aliphatic rings. The minimum Gasteiger partial charge on any atom is -0.347 e. The van der Waals surface area contributed by atoms with Crippen LogP contribution in [0.15, 0.2) is 77.7 Å². The molecule has 7 rings (SSSR count). The molecule has 2 amide bonds. The van der Waals surface area contributed by atoms with Gasteiger partial charge in [-0.05, 0) is 48.2 Å². The molecule has 2 unspecified atom stereocenters. The van der Waals surface area contributed by atoms with Crippen LogP contribution in [0.1, 0.15) is 28.3 Å². The number of nitrogens with one attached hydrogen (secondary N) is 1. The summed E-state index contributed by atoms with van der Waals surface area (Å²) in [5, 5.41) is 1.33. The molecule has 1 N–H and O–H groups in total. The van der Waals surface area contributed by atoms with Crippen LogP contribution < -0.4 is 20.9 Å². The summed E-state index contributed by atoms with van der Waals surface area (Å²) in [5.41, 5.74) is 5.57. The van der Waals surface area contributed by atoms with Crippen molar-refractivity contribution in [3.05, 3.63) is 106 Å². The van der Waals surface area contributed by atoms with Crippen molar-refractivity contribution in [3.8, 4) is 0 Å². The first-order valence-corrected chi connectivity index (χ1v) is 12.1. The Bertz CT molecular complexity index is 1650. The van der Waals surface area contributed by atoms with Gasteiger partial charge in [0.25, 0.3) is 17.4 Å². The van der Waals surface area contributed by atoms with Crippen LogP contribution in [0.4, 0.5) is 11.5 Å². The highest BCUT2D eigenvalue weighted by molar-refractivity contribution is 6.19. The normalized spacial score (nSPS) is 22.4. The summed E-state index contributed by atoms with van der Waals surface area (Å²) in [4.78, 5) is 49.0. The molecule has 2 atom stereocenters. The number of nitrogens with zero attached hydrogens (tertiary/aromatic N) is 4. The first-order chi connectivity index (χ1) is 17.5. The second-order valence-corrected chi connectivity index (χ2v) is 9.71. The number of anilines is 2. The quantitative estimate of drug-likeness (QED) is 0.426. The van der Waals surface area contributed by atoms with Crippen molar-refractivity contribution in [2.75, 3.05) is 16.5 Å². The molecule has 3 aliphatic heterocycles. The van der Waals surface area contributed by atoms with Gasteiger partial charge in [0, 0.05) is 19.2 Å². The Morgan fingerprint density at radius 1 is 0.972 bits per heavy atom. The Morgan fingerprint density at radius 3 is 2.58 bits per heavy atom. The summed E-state index contributed by atoms with van der Waals surface area (Å²) in [6, 6.07) is 20.2. The van der Waals surface area contributed by atoms with Gasteiger partial charge in [0.2, 0.25) is 0 Å². The third-order valence-electron chi connectivity index (χ3n) is 7.82. The van der Waals surface area contributed by atoms with Gasteiger partial charge in [0.05, 0.1) is 17.3 Å². The maximum absolute atomic E-state index is 14.3. The van der Waals surface area contributed by atoms with Crippen LogP contribution in [0.5, 0.6) is 0 Å². The average Bonchev–Trinajstić information content (AvgIpc) is 3.15. The number of aromatic nitrogens is 2. The molecular weight excluding hydrogens is 454 g/mol. The monoisotopic (exact) mass is 477 g/mol. The Kier molecular flexibility index (Phi) is 4.22. The van der Waals surface area contributed by atoms with E-state index in [-0.39, 0.29) is 17.9 Å². The molecule has 1 fully saturated rings. The number of carbonyl (C=O) groups excluding carboxylic acids is 2. The van der Waals surface area contributed by atoms with Crippen molar-refractivity contribution < 1.29 is 9.59 Å². The highest BCUT2D eigenvalue weighted by Gasteiger charge is 2.65. The molecule has 2 aromatic carbocycles. The number of amides is 2. The number of aryl methyl sites for hydroxylation is 1. The zero-order valence-electron chi connectivity index (χ0n) is 19.6. The summed E-state index contributed by atoms with van der Waals surface area (Å²) in [7, 11) is 0. The van der Waals surface area contributed by atoms with E-state index in [9.17, 15) is 14.4 Å². The molecule has 1 saturated heterocycles. The molecule has 0 saturated carbocycles. The van der Waals surface area contributed by atoms with E-state index in [1.165, 1.54) is 9.41 Å². The minimum absolute atomic E-state index is 0.0193. The molecule has 0 bridgehead atoms. The van der Waals surface area contributed by atoms with E-state index in [0.29, 0.717) is 29.3 Å². The number of hydrogen-bond donors (Lipinski definition) is 1. The maximum atomic E-state index is 14.3. The number of rotatable bonds is 1. The predicted octanol–water partition coefficient (Wildman–Crippen LogP) is 2.73. The fourth-order valence-corrected chi connectivity index (χ4v) is 6.12. The molecule has 4 aromatic rings. The number of carbonyl (C=O) groups is 2. The lowest BCUT2D eigenvalue weighted by atomic mass is 9.66. The lowest BCUT2D eigenvalue weighted by molar-refractivity contribution is -0.137. The molecule has 178 valence electrons. The fourth-order valence-electron chi connectivity index (χ4n) is 6.12. The third-order valence-corrected chi connectivity index (χ3v) is 7.82. The minimum atomic E-state index is -1.50. The Labute approximate surface area is 206 Å². The topological polar surface area (TPSA) is 87.0 Å². The Hall–Kier alpha value is -4.46. The standard InChI is InChI=1S/C28H23N5O3/c1-17-8-7-14-32-23(17)29-24-21(25(32)34)16-28(22-20-12-6-5-9-18(20)13-15-31(22)24)26(35)30-33(27(28)36)19-10-3-2-4-11-19/h2-12,14,22H,13,15-16H2,1H3,(H,30,35). The van der Waals surface area contributed by atoms with Crippen molar-refractivity contribution in [1.82, 2.24) is 14.8 Å². The van der Waals surface area contributed by atoms with Gasteiger partial charge in [-0.25, -0.2) is 9.99 Å². The summed E-state index contributed by atoms with van der Waals surface area (Å²) in [6.45, 7) is 2.48. The summed E-state index contributed by atoms with van der Waals surface area (Å²) >= 11 is 0. The lowest BCUT2D eigenvalue weighted by Crippen LogP contribution is -2.57. The second kappa shape index (κ2) is 7.27. The highest BCUT2D eigenvalue weighted by Crippen LogP contribution is 2.53. The van der Waals surface area contributed by atoms with Gasteiger partial charge in [-0.3, -0.25) is 24.2 Å². The molecule has 2 aromatic heterocycles. The molecule has 8 nitrogen and oxygen atoms in total. The molecule has 0 aliphatic carbocycles. The molecular formula is C28H23N5O3. The van der Waals surface area contributed by atoms with E-state index >= 15 is 0 Å². The predicted molar refractivity (Wildman–Crippen MR) is 135 cm³/mol. The van der Waals surface area contributed by atoms with Crippen LogP contribution in [-0.4, -0.2) is 27.7 Å². The van der Waals surface area contributed by atoms with E-state index in [1.54, 1.807) is 24.4 Å². The number of benzene rings is 2. The first kappa shape index (κ1) is 20.9. The summed E-state index contributed by atoms with van der Waals surface area (Å²) in [5.74, 6) is -0.189. The van der Waals surface area contributed by atoms with E-state index in [4.69, 9.17) is 4.98 Å². The maximum Gasteiger partial charge on any atom is 0.264 e. The van der Waals surface area contributed by atoms with E-state index in [2.05, 4.69) is 11.5 Å². The number of hydrogen-bond acceptors (Lipinski definition) is 5. The van der Waals surface area contributed by atoms with Gasteiger partial charge in [-0.1, -0.05) is 48.5 Å². The first-order valence-electron chi connectivity index (χ1n) is 12.1. The van der Waals surface area contributed by atoms with Crippen LogP contribution in [-0.2, 0) is 22.4 Å². The Balaban J connectivity index is 1.51. The van der Waals surface area contributed by atoms with Gasteiger partial charge in [-0.2, -0.15) is 0 Å². The van der Waals surface area contributed by atoms with Gasteiger partial charge in [0.15, 0.2) is 5.41 Å². The van der Waals surface area contributed by atoms with Crippen molar-refractivity contribution >= 4 is 29.0 Å². The Morgan fingerprint density at radius 2 is 1.75 bits per heavy atom. The van der Waals surface area contributed by atoms with Gasteiger partial charge in [-0.15, -0.1) is 0 Å². The van der Waals surface area contributed by atoms with Crippen molar-refractivity contribution in [2.24, 2.45) is 5.41 Å². The molecule has 1 spiro atoms. The van der Waals surface area contributed by atoms with E-state index < -0.39 is 17.4 Å². The third kappa shape index (κ3) is 2.58. The summed E-state index contributed by atoms with van der Waals surface area (Å²) in [6.07, 6.45) is 2.40. The van der Waals surface area contributed by atoms with Crippen molar-refractivity contribution in [2.45, 2.75) is 25.8 Å². The van der Waals surface area contributed by atoms with Crippen LogP contribution in [0.2, 0.25) is 0 Å². The summed E-state index contributed by atoms with van der Waals surface area (Å²) < 4.78 is 1.52. The van der Waals surface area contributed by atoms with Crippen LogP contribution >= 0.6 is 0 Å². The van der Waals surface area contributed by atoms with E-state index in [0.717, 1.165) is 23.1 Å². The molecule has 5 heterocycles. The highest BCUT2D eigenvalue weighted by atomic mass is 16.2. The largest absolute Gasteiger partial charge is 0.347 e. The van der Waals surface area contributed by atoms with Gasteiger partial charge in [0.1, 0.15) is 11.5 Å². The molecule has 36 heavy (non-hydrogen) atoms. The van der Waals surface area contributed by atoms with E-state index in [1.807, 2.05) is 54.3 Å². The number of fused-ring (bicyclic) bond motifs is 7. The SMILES string of the molecule is Cc1cccn2c(=O)c3c(nc12)N1CCc2ccccc2C1C1(C3)C(=O)NN(c2ccccc2)C1=O. The fraction of sp³-hybridized carbons (Fsp3) is 0.214. The van der Waals surface area contributed by atoms with Crippen molar-refractivity contribution in [1.29, 1.82) is 0 Å². The van der Waals surface area contributed by atoms with Crippen LogP contribution in [0.25, 0.3) is 5.65 Å². The second-order valence-electron chi connectivity index (χ2n) is 9.71. The smallest absolute Gasteiger partial charge is 0.264 e. The average molecular weight is 478 g/mol. The van der Waals surface area contributed by atoms with Crippen molar-refractivity contribution in [3.63, 3.8) is 0 Å². The molecule has 8 heteroatoms. The number of pyridine rings is 1. The number of para-hydroxylation sites is 1. The number of hydrazine groups is 1. The molecule has 0 radical (unpaired) electrons. The lowest BCUT2D eigenvalue weighted by Gasteiger charge is -2.49. The van der Waals surface area contributed by atoms with Gasteiger partial charge >= 0.3 is 0 Å².